The molecule has 0 amide bonds. The van der Waals surface area contributed by atoms with E-state index in [2.05, 4.69) is 0 Å². The Balaban J connectivity index is 1.77. The lowest BCUT2D eigenvalue weighted by Gasteiger charge is -2.12. The minimum absolute atomic E-state index is 0.180. The molecule has 5 nitrogen and oxygen atoms in total. The highest BCUT2D eigenvalue weighted by Crippen LogP contribution is 2.34. The summed E-state index contributed by atoms with van der Waals surface area (Å²) in [4.78, 5) is 24.9. The Labute approximate surface area is 187 Å². The van der Waals surface area contributed by atoms with Gasteiger partial charge in [-0.1, -0.05) is 35.3 Å². The van der Waals surface area contributed by atoms with Crippen LogP contribution in [0.2, 0.25) is 10.0 Å². The van der Waals surface area contributed by atoms with Gasteiger partial charge >= 0.3 is 11.6 Å². The maximum atomic E-state index is 12.6. The van der Waals surface area contributed by atoms with Crippen molar-refractivity contribution in [3.63, 3.8) is 0 Å². The van der Waals surface area contributed by atoms with Crippen molar-refractivity contribution in [1.29, 1.82) is 0 Å². The van der Waals surface area contributed by atoms with E-state index in [1.54, 1.807) is 32.2 Å². The summed E-state index contributed by atoms with van der Waals surface area (Å²) in [5, 5.41) is 1.31. The molecule has 0 N–H and O–H groups in total. The molecule has 0 aliphatic rings. The minimum atomic E-state index is -0.641. The highest BCUT2D eigenvalue weighted by Gasteiger charge is 2.18. The third-order valence-electron chi connectivity index (χ3n) is 4.87. The maximum absolute atomic E-state index is 12.6. The third kappa shape index (κ3) is 4.15. The number of rotatable bonds is 4. The molecule has 1 aromatic heterocycles. The Hall–Kier alpha value is -3.28. The summed E-state index contributed by atoms with van der Waals surface area (Å²) in [5.41, 5.74) is 2.06. The second kappa shape index (κ2) is 8.46. The molecule has 31 heavy (non-hydrogen) atoms. The zero-order valence-electron chi connectivity index (χ0n) is 16.6. The second-order valence-corrected chi connectivity index (χ2v) is 7.63. The predicted octanol–water partition coefficient (Wildman–Crippen LogP) is 6.30. The molecule has 0 spiro atoms. The number of benzene rings is 3. The fourth-order valence-electron chi connectivity index (χ4n) is 3.27. The summed E-state index contributed by atoms with van der Waals surface area (Å²) in [6.07, 6.45) is 0. The van der Waals surface area contributed by atoms with Gasteiger partial charge in [-0.05, 0) is 60.5 Å². The van der Waals surface area contributed by atoms with Crippen LogP contribution in [0.15, 0.2) is 69.9 Å². The minimum Gasteiger partial charge on any atom is -0.497 e. The number of aryl methyl sites for hydroxylation is 1. The Morgan fingerprint density at radius 1 is 0.968 bits per heavy atom. The second-order valence-electron chi connectivity index (χ2n) is 6.79. The van der Waals surface area contributed by atoms with E-state index in [1.165, 1.54) is 18.2 Å². The molecule has 4 rings (SSSR count). The van der Waals surface area contributed by atoms with Gasteiger partial charge in [0.05, 0.1) is 17.7 Å². The number of esters is 1. The number of fused-ring (bicyclic) bond motifs is 1. The average molecular weight is 455 g/mol. The number of hydrogen-bond acceptors (Lipinski definition) is 5. The molecule has 1 heterocycles. The monoisotopic (exact) mass is 454 g/mol. The maximum Gasteiger partial charge on any atom is 0.345 e. The van der Waals surface area contributed by atoms with Gasteiger partial charge in [-0.15, -0.1) is 0 Å². The molecule has 0 fully saturated rings. The third-order valence-corrected chi connectivity index (χ3v) is 5.41. The molecular formula is C24H16Cl2O5. The van der Waals surface area contributed by atoms with Gasteiger partial charge in [0, 0.05) is 22.0 Å². The molecule has 0 atom stereocenters. The summed E-state index contributed by atoms with van der Waals surface area (Å²) < 4.78 is 16.2. The zero-order chi connectivity index (χ0) is 22.1. The quantitative estimate of drug-likeness (QED) is 0.205. The summed E-state index contributed by atoms with van der Waals surface area (Å²) in [6.45, 7) is 1.72. The van der Waals surface area contributed by atoms with Gasteiger partial charge in [0.1, 0.15) is 17.1 Å². The number of ether oxygens (including phenoxy) is 2. The Kier molecular flexibility index (Phi) is 5.72. The van der Waals surface area contributed by atoms with Crippen LogP contribution in [0.3, 0.4) is 0 Å². The van der Waals surface area contributed by atoms with Crippen LogP contribution in [0.5, 0.6) is 11.5 Å². The molecule has 0 bridgehead atoms. The predicted molar refractivity (Wildman–Crippen MR) is 121 cm³/mol. The van der Waals surface area contributed by atoms with E-state index < -0.39 is 11.6 Å². The van der Waals surface area contributed by atoms with Gasteiger partial charge in [0.2, 0.25) is 0 Å². The van der Waals surface area contributed by atoms with Crippen molar-refractivity contribution in [2.45, 2.75) is 6.92 Å². The number of carbonyl (C=O) groups excluding carboxylic acids is 1. The summed E-state index contributed by atoms with van der Waals surface area (Å²) in [6, 6.07) is 16.7. The first-order valence-electron chi connectivity index (χ1n) is 9.26. The molecule has 7 heteroatoms. The van der Waals surface area contributed by atoms with E-state index >= 15 is 0 Å². The lowest BCUT2D eigenvalue weighted by Crippen LogP contribution is -2.10. The normalized spacial score (nSPS) is 10.8. The first-order chi connectivity index (χ1) is 14.9. The van der Waals surface area contributed by atoms with E-state index in [9.17, 15) is 9.59 Å². The zero-order valence-corrected chi connectivity index (χ0v) is 18.1. The van der Waals surface area contributed by atoms with Crippen molar-refractivity contribution in [2.75, 3.05) is 7.11 Å². The van der Waals surface area contributed by atoms with Crippen LogP contribution in [0.25, 0.3) is 22.1 Å². The first-order valence-corrected chi connectivity index (χ1v) is 10.0. The van der Waals surface area contributed by atoms with Crippen molar-refractivity contribution in [3.05, 3.63) is 92.3 Å². The Morgan fingerprint density at radius 2 is 1.71 bits per heavy atom. The first kappa shape index (κ1) is 21.0. The molecule has 156 valence electrons. The average Bonchev–Trinajstić information content (AvgIpc) is 2.75. The number of hydrogen-bond donors (Lipinski definition) is 0. The smallest absolute Gasteiger partial charge is 0.345 e. The van der Waals surface area contributed by atoms with Crippen LogP contribution in [0.4, 0.5) is 0 Å². The van der Waals surface area contributed by atoms with Crippen LogP contribution >= 0.6 is 23.2 Å². The number of halogens is 2. The molecule has 0 saturated carbocycles. The van der Waals surface area contributed by atoms with Crippen molar-refractivity contribution in [2.24, 2.45) is 0 Å². The van der Waals surface area contributed by atoms with Crippen LogP contribution in [0, 0.1) is 6.92 Å². The van der Waals surface area contributed by atoms with E-state index in [0.717, 1.165) is 5.56 Å². The van der Waals surface area contributed by atoms with Crippen LogP contribution < -0.4 is 15.1 Å². The largest absolute Gasteiger partial charge is 0.497 e. The highest BCUT2D eigenvalue weighted by molar-refractivity contribution is 6.36. The highest BCUT2D eigenvalue weighted by atomic mass is 35.5. The Morgan fingerprint density at radius 3 is 2.39 bits per heavy atom. The van der Waals surface area contributed by atoms with E-state index in [4.69, 9.17) is 37.1 Å². The van der Waals surface area contributed by atoms with Crippen molar-refractivity contribution < 1.29 is 18.7 Å². The van der Waals surface area contributed by atoms with Crippen molar-refractivity contribution >= 4 is 40.1 Å². The van der Waals surface area contributed by atoms with Gasteiger partial charge in [-0.2, -0.15) is 0 Å². The summed E-state index contributed by atoms with van der Waals surface area (Å²) in [7, 11) is 1.59. The molecular weight excluding hydrogens is 439 g/mol. The molecule has 0 saturated heterocycles. The van der Waals surface area contributed by atoms with E-state index in [1.807, 2.05) is 24.3 Å². The molecule has 0 aliphatic carbocycles. The SMILES string of the molecule is COc1ccc(-c2cc(=O)oc3c(C)c(OC(=O)c4ccc(Cl)cc4Cl)ccc23)cc1. The molecule has 0 radical (unpaired) electrons. The molecule has 0 unspecified atom stereocenters. The van der Waals surface area contributed by atoms with Gasteiger partial charge in [0.15, 0.2) is 0 Å². The number of methoxy groups -OCH3 is 1. The Bertz CT molecular complexity index is 1360. The summed E-state index contributed by atoms with van der Waals surface area (Å²) >= 11 is 12.0. The van der Waals surface area contributed by atoms with Crippen LogP contribution in [-0.2, 0) is 0 Å². The van der Waals surface area contributed by atoms with Gasteiger partial charge < -0.3 is 13.9 Å². The molecule has 3 aromatic carbocycles. The number of carbonyl (C=O) groups is 1. The molecule has 0 aliphatic heterocycles. The molecule has 4 aromatic rings. The van der Waals surface area contributed by atoms with E-state index in [-0.39, 0.29) is 16.3 Å². The fourth-order valence-corrected chi connectivity index (χ4v) is 3.76. The standard InChI is InChI=1S/C24H16Cl2O5/c1-13-21(30-24(28)18-8-5-15(25)11-20(18)26)10-9-17-19(12-22(27)31-23(13)17)14-3-6-16(29-2)7-4-14/h3-12H,1-2H3. The fraction of sp³-hybridized carbons (Fsp3) is 0.0833. The van der Waals surface area contributed by atoms with Gasteiger partial charge in [-0.25, -0.2) is 9.59 Å². The van der Waals surface area contributed by atoms with Gasteiger partial charge in [-0.3, -0.25) is 0 Å². The van der Waals surface area contributed by atoms with Crippen LogP contribution in [-0.4, -0.2) is 13.1 Å². The van der Waals surface area contributed by atoms with Crippen LogP contribution in [0.1, 0.15) is 15.9 Å². The van der Waals surface area contributed by atoms with E-state index in [0.29, 0.717) is 32.9 Å². The lowest BCUT2D eigenvalue weighted by atomic mass is 10.00. The lowest BCUT2D eigenvalue weighted by molar-refractivity contribution is 0.0734. The van der Waals surface area contributed by atoms with Crippen molar-refractivity contribution in [3.8, 4) is 22.6 Å². The topological polar surface area (TPSA) is 65.7 Å². The van der Waals surface area contributed by atoms with Gasteiger partial charge in [0.25, 0.3) is 0 Å². The summed E-state index contributed by atoms with van der Waals surface area (Å²) in [5.74, 6) is 0.332. The van der Waals surface area contributed by atoms with Crippen molar-refractivity contribution in [1.82, 2.24) is 0 Å².